The first-order chi connectivity index (χ1) is 16.2. The first-order valence-corrected chi connectivity index (χ1v) is 11.0. The molecule has 33 heavy (non-hydrogen) atoms. The molecular weight excluding hydrogens is 414 g/mol. The summed E-state index contributed by atoms with van der Waals surface area (Å²) in [5.41, 5.74) is 1.83. The third-order valence-electron chi connectivity index (χ3n) is 6.57. The topological polar surface area (TPSA) is 55.8 Å². The molecule has 5 rings (SSSR count). The fourth-order valence-electron chi connectivity index (χ4n) is 5.03. The number of amides is 1. The number of hydrogen-bond donors (Lipinski definition) is 0. The van der Waals surface area contributed by atoms with Gasteiger partial charge in [0.2, 0.25) is 0 Å². The van der Waals surface area contributed by atoms with Crippen molar-refractivity contribution in [2.24, 2.45) is 5.92 Å². The smallest absolute Gasteiger partial charge is 0.319 e. The zero-order valence-electron chi connectivity index (χ0n) is 18.4. The molecule has 0 N–H and O–H groups in total. The van der Waals surface area contributed by atoms with Gasteiger partial charge in [0.25, 0.3) is 5.91 Å². The second-order valence-electron chi connectivity index (χ2n) is 8.42. The number of benzene rings is 3. The first kappa shape index (κ1) is 21.0. The quantitative estimate of drug-likeness (QED) is 0.517. The van der Waals surface area contributed by atoms with Gasteiger partial charge in [-0.25, -0.2) is 0 Å². The highest BCUT2D eigenvalue weighted by Crippen LogP contribution is 2.63. The van der Waals surface area contributed by atoms with Crippen molar-refractivity contribution >= 4 is 11.9 Å². The van der Waals surface area contributed by atoms with E-state index in [1.54, 1.807) is 11.0 Å². The van der Waals surface area contributed by atoms with E-state index in [2.05, 4.69) is 0 Å². The molecule has 0 aromatic heterocycles. The van der Waals surface area contributed by atoms with Gasteiger partial charge in [-0.1, -0.05) is 91.0 Å². The summed E-state index contributed by atoms with van der Waals surface area (Å²) in [7, 11) is 1.40. The van der Waals surface area contributed by atoms with Gasteiger partial charge >= 0.3 is 5.97 Å². The van der Waals surface area contributed by atoms with Crippen LogP contribution in [0.4, 0.5) is 0 Å². The van der Waals surface area contributed by atoms with E-state index < -0.39 is 5.41 Å². The van der Waals surface area contributed by atoms with Gasteiger partial charge in [-0.3, -0.25) is 9.59 Å². The lowest BCUT2D eigenvalue weighted by molar-refractivity contribution is -0.144. The highest BCUT2D eigenvalue weighted by Gasteiger charge is 2.77. The number of carbonyl (C=O) groups excluding carboxylic acids is 2. The molecule has 0 bridgehead atoms. The Bertz CT molecular complexity index is 1180. The molecule has 0 spiro atoms. The Labute approximate surface area is 193 Å². The second kappa shape index (κ2) is 8.58. The summed E-state index contributed by atoms with van der Waals surface area (Å²) < 4.78 is 11.5. The van der Waals surface area contributed by atoms with E-state index in [4.69, 9.17) is 9.47 Å². The van der Waals surface area contributed by atoms with Crippen LogP contribution in [0.2, 0.25) is 0 Å². The molecule has 1 amide bonds. The number of fused-ring (bicyclic) bond motifs is 1. The minimum absolute atomic E-state index is 0.162. The lowest BCUT2D eigenvalue weighted by Crippen LogP contribution is -2.39. The molecule has 166 valence electrons. The summed E-state index contributed by atoms with van der Waals surface area (Å²) in [6.45, 7) is 0.739. The Hall–Kier alpha value is -3.86. The van der Waals surface area contributed by atoms with E-state index in [1.807, 2.05) is 91.0 Å². The van der Waals surface area contributed by atoms with E-state index in [9.17, 15) is 9.59 Å². The maximum atomic E-state index is 13.3. The third-order valence-corrected chi connectivity index (χ3v) is 6.57. The van der Waals surface area contributed by atoms with Crippen molar-refractivity contribution in [3.63, 3.8) is 0 Å². The van der Waals surface area contributed by atoms with Gasteiger partial charge in [0, 0.05) is 12.6 Å². The number of methoxy groups -OCH3 is 1. The molecule has 3 aromatic rings. The van der Waals surface area contributed by atoms with Crippen LogP contribution in [-0.2, 0) is 37.6 Å². The Balaban J connectivity index is 1.55. The van der Waals surface area contributed by atoms with E-state index in [-0.39, 0.29) is 23.8 Å². The summed E-state index contributed by atoms with van der Waals surface area (Å²) in [5, 5.41) is 0. The van der Waals surface area contributed by atoms with Crippen LogP contribution in [0, 0.1) is 5.92 Å². The second-order valence-corrected chi connectivity index (χ2v) is 8.42. The zero-order valence-corrected chi connectivity index (χ0v) is 18.4. The van der Waals surface area contributed by atoms with Crippen molar-refractivity contribution in [1.82, 2.24) is 4.90 Å². The third kappa shape index (κ3) is 3.59. The predicted octanol–water partition coefficient (Wildman–Crippen LogP) is 4.24. The highest BCUT2D eigenvalue weighted by molar-refractivity contribution is 5.98. The molecule has 1 aliphatic carbocycles. The van der Waals surface area contributed by atoms with Crippen LogP contribution in [0.15, 0.2) is 103 Å². The van der Waals surface area contributed by atoms with Crippen LogP contribution < -0.4 is 0 Å². The molecule has 1 saturated carbocycles. The summed E-state index contributed by atoms with van der Waals surface area (Å²) in [6.07, 6.45) is 1.54. The van der Waals surface area contributed by atoms with Crippen molar-refractivity contribution in [2.45, 2.75) is 24.6 Å². The molecule has 0 radical (unpaired) electrons. The van der Waals surface area contributed by atoms with Crippen LogP contribution in [0.3, 0.4) is 0 Å². The number of hydrogen-bond acceptors (Lipinski definition) is 4. The Kier molecular flexibility index (Phi) is 5.47. The van der Waals surface area contributed by atoms with Crippen molar-refractivity contribution in [3.8, 4) is 0 Å². The Morgan fingerprint density at radius 2 is 1.45 bits per heavy atom. The standard InChI is InChI=1S/C28H25NO4/c1-32-27(31)28(22-15-9-4-10-16-22)25-23(33-19-21-13-7-3-8-14-21)17-24(30)29(26(25)28)18-20-11-5-2-6-12-20/h2-17,25-26H,18-19H2,1H3. The highest BCUT2D eigenvalue weighted by atomic mass is 16.5. The number of esters is 1. The molecule has 3 atom stereocenters. The molecule has 5 nitrogen and oxygen atoms in total. The monoisotopic (exact) mass is 439 g/mol. The van der Waals surface area contributed by atoms with Crippen LogP contribution in [0.25, 0.3) is 0 Å². The fraction of sp³-hybridized carbons (Fsp3) is 0.214. The fourth-order valence-corrected chi connectivity index (χ4v) is 5.03. The molecule has 1 fully saturated rings. The minimum Gasteiger partial charge on any atom is -0.493 e. The van der Waals surface area contributed by atoms with Crippen molar-refractivity contribution < 1.29 is 19.1 Å². The van der Waals surface area contributed by atoms with Crippen LogP contribution >= 0.6 is 0 Å². The van der Waals surface area contributed by atoms with Crippen LogP contribution in [0.1, 0.15) is 16.7 Å². The zero-order chi connectivity index (χ0) is 22.8. The first-order valence-electron chi connectivity index (χ1n) is 11.0. The van der Waals surface area contributed by atoms with Gasteiger partial charge in [-0.05, 0) is 16.7 Å². The lowest BCUT2D eigenvalue weighted by atomic mass is 9.92. The summed E-state index contributed by atoms with van der Waals surface area (Å²) in [4.78, 5) is 28.4. The summed E-state index contributed by atoms with van der Waals surface area (Å²) >= 11 is 0. The van der Waals surface area contributed by atoms with Gasteiger partial charge in [0.15, 0.2) is 0 Å². The van der Waals surface area contributed by atoms with Gasteiger partial charge in [0.05, 0.1) is 19.1 Å². The van der Waals surface area contributed by atoms with E-state index >= 15 is 0 Å². The largest absolute Gasteiger partial charge is 0.493 e. The maximum absolute atomic E-state index is 13.3. The maximum Gasteiger partial charge on any atom is 0.319 e. The molecule has 5 heteroatoms. The van der Waals surface area contributed by atoms with Gasteiger partial charge in [-0.2, -0.15) is 0 Å². The summed E-state index contributed by atoms with van der Waals surface area (Å²) in [5.74, 6) is -0.291. The minimum atomic E-state index is -1.00. The molecule has 0 saturated heterocycles. The number of carbonyl (C=O) groups is 2. The van der Waals surface area contributed by atoms with Crippen molar-refractivity contribution in [3.05, 3.63) is 120 Å². The molecule has 2 aliphatic rings. The number of nitrogens with zero attached hydrogens (tertiary/aromatic N) is 1. The van der Waals surface area contributed by atoms with Gasteiger partial charge < -0.3 is 14.4 Å². The van der Waals surface area contributed by atoms with Gasteiger partial charge in [0.1, 0.15) is 17.8 Å². The molecule has 1 aliphatic heterocycles. The number of ether oxygens (including phenoxy) is 2. The molecule has 3 aromatic carbocycles. The van der Waals surface area contributed by atoms with E-state index in [0.717, 1.165) is 16.7 Å². The van der Waals surface area contributed by atoms with Gasteiger partial charge in [-0.15, -0.1) is 0 Å². The van der Waals surface area contributed by atoms with E-state index in [1.165, 1.54) is 7.11 Å². The van der Waals surface area contributed by atoms with Crippen LogP contribution in [-0.4, -0.2) is 29.9 Å². The average Bonchev–Trinajstić information content (AvgIpc) is 3.57. The molecular formula is C28H25NO4. The average molecular weight is 440 g/mol. The molecule has 3 unspecified atom stereocenters. The van der Waals surface area contributed by atoms with Crippen molar-refractivity contribution in [1.29, 1.82) is 0 Å². The molecule has 1 heterocycles. The Morgan fingerprint density at radius 3 is 2.06 bits per heavy atom. The van der Waals surface area contributed by atoms with E-state index in [0.29, 0.717) is 18.9 Å². The number of rotatable bonds is 7. The van der Waals surface area contributed by atoms with Crippen molar-refractivity contribution in [2.75, 3.05) is 7.11 Å². The Morgan fingerprint density at radius 1 is 0.879 bits per heavy atom. The van der Waals surface area contributed by atoms with Crippen LogP contribution in [0.5, 0.6) is 0 Å². The SMILES string of the molecule is COC(=O)C1(c2ccccc2)C2C(OCc3ccccc3)=CC(=O)N(Cc3ccccc3)C21. The lowest BCUT2D eigenvalue weighted by Gasteiger charge is -2.27. The summed E-state index contributed by atoms with van der Waals surface area (Å²) in [6, 6.07) is 28.8. The predicted molar refractivity (Wildman–Crippen MR) is 124 cm³/mol. The normalized spacial score (nSPS) is 23.4.